The summed E-state index contributed by atoms with van der Waals surface area (Å²) in [5, 5.41) is 6.56. The van der Waals surface area contributed by atoms with Gasteiger partial charge in [-0.15, -0.1) is 0 Å². The van der Waals surface area contributed by atoms with Crippen molar-refractivity contribution in [1.29, 1.82) is 0 Å². The summed E-state index contributed by atoms with van der Waals surface area (Å²) in [4.78, 5) is 6.41. The first-order chi connectivity index (χ1) is 13.4. The summed E-state index contributed by atoms with van der Waals surface area (Å²) < 4.78 is 27.5. The molecular weight excluding hydrogens is 374 g/mol. The average molecular weight is 402 g/mol. The number of nitrogens with zero attached hydrogens (tertiary/aromatic N) is 4. The summed E-state index contributed by atoms with van der Waals surface area (Å²) in [6.07, 6.45) is 4.15. The number of benzene rings is 1. The fraction of sp³-hybridized carbons (Fsp3) is 0.400. The lowest BCUT2D eigenvalue weighted by atomic mass is 10.1. The van der Waals surface area contributed by atoms with Crippen LogP contribution in [0.15, 0.2) is 53.9 Å². The Morgan fingerprint density at radius 2 is 1.89 bits per heavy atom. The zero-order chi connectivity index (χ0) is 20.1. The van der Waals surface area contributed by atoms with E-state index < -0.39 is 15.1 Å². The summed E-state index contributed by atoms with van der Waals surface area (Å²) in [6.45, 7) is 5.23. The highest BCUT2D eigenvalue weighted by molar-refractivity contribution is 7.91. The highest BCUT2D eigenvalue weighted by atomic mass is 32.2. The molecule has 0 saturated carbocycles. The van der Waals surface area contributed by atoms with E-state index in [-0.39, 0.29) is 5.16 Å². The molecule has 1 N–H and O–H groups in total. The van der Waals surface area contributed by atoms with Crippen LogP contribution in [0.4, 0.5) is 0 Å². The molecule has 150 valence electrons. The quantitative estimate of drug-likeness (QED) is 0.596. The number of imidazole rings is 1. The Balaban J connectivity index is 1.85. The molecule has 7 nitrogen and oxygen atoms in total. The summed E-state index contributed by atoms with van der Waals surface area (Å²) in [5.74, 6) is 0. The molecule has 0 aliphatic heterocycles. The molecule has 0 bridgehead atoms. The molecule has 0 saturated heterocycles. The Hall–Kier alpha value is -2.45. The molecular formula is C20H27N5O2S. The van der Waals surface area contributed by atoms with E-state index in [1.807, 2.05) is 35.9 Å². The van der Waals surface area contributed by atoms with Gasteiger partial charge >= 0.3 is 0 Å². The van der Waals surface area contributed by atoms with Crippen LogP contribution in [0, 0.1) is 0 Å². The lowest BCUT2D eigenvalue weighted by Gasteiger charge is -2.18. The second-order valence-corrected chi connectivity index (χ2v) is 9.67. The number of rotatable bonds is 9. The third kappa shape index (κ3) is 4.69. The van der Waals surface area contributed by atoms with Gasteiger partial charge in [-0.25, -0.2) is 13.4 Å². The molecule has 0 unspecified atom stereocenters. The van der Waals surface area contributed by atoms with Crippen molar-refractivity contribution in [3.8, 4) is 0 Å². The molecule has 1 aromatic carbocycles. The summed E-state index contributed by atoms with van der Waals surface area (Å²) in [7, 11) is -1.47. The third-order valence-corrected chi connectivity index (χ3v) is 6.75. The van der Waals surface area contributed by atoms with Gasteiger partial charge in [0.1, 0.15) is 0 Å². The van der Waals surface area contributed by atoms with E-state index in [0.29, 0.717) is 19.6 Å². The molecule has 28 heavy (non-hydrogen) atoms. The average Bonchev–Trinajstić information content (AvgIpc) is 3.31. The normalized spacial score (nSPS) is 12.2. The van der Waals surface area contributed by atoms with E-state index in [0.717, 1.165) is 17.8 Å². The van der Waals surface area contributed by atoms with Crippen LogP contribution in [0.5, 0.6) is 0 Å². The predicted octanol–water partition coefficient (Wildman–Crippen LogP) is 2.66. The molecule has 8 heteroatoms. The van der Waals surface area contributed by atoms with E-state index in [4.69, 9.17) is 0 Å². The molecule has 0 aliphatic carbocycles. The molecule has 0 aliphatic rings. The number of aromatic nitrogens is 4. The lowest BCUT2D eigenvalue weighted by Crippen LogP contribution is -2.23. The molecule has 3 aromatic rings. The van der Waals surface area contributed by atoms with E-state index >= 15 is 0 Å². The predicted molar refractivity (Wildman–Crippen MR) is 108 cm³/mol. The smallest absolute Gasteiger partial charge is 0.228 e. The van der Waals surface area contributed by atoms with E-state index in [1.54, 1.807) is 26.2 Å². The first-order valence-corrected chi connectivity index (χ1v) is 10.9. The van der Waals surface area contributed by atoms with Crippen molar-refractivity contribution in [2.45, 2.75) is 50.3 Å². The number of aromatic amines is 1. The van der Waals surface area contributed by atoms with Crippen LogP contribution in [-0.4, -0.2) is 45.4 Å². The van der Waals surface area contributed by atoms with E-state index in [9.17, 15) is 8.42 Å². The minimum Gasteiger partial charge on any atom is -0.317 e. The summed E-state index contributed by atoms with van der Waals surface area (Å²) in [5.41, 5.74) is 3.06. The molecule has 0 atom stereocenters. The van der Waals surface area contributed by atoms with Crippen LogP contribution < -0.4 is 0 Å². The van der Waals surface area contributed by atoms with Crippen molar-refractivity contribution >= 4 is 9.84 Å². The van der Waals surface area contributed by atoms with Crippen LogP contribution in [0.1, 0.15) is 30.8 Å². The Labute approximate surface area is 166 Å². The number of hydrogen-bond acceptors (Lipinski definition) is 5. The molecule has 0 radical (unpaired) electrons. The van der Waals surface area contributed by atoms with Crippen molar-refractivity contribution in [2.75, 3.05) is 7.05 Å². The largest absolute Gasteiger partial charge is 0.317 e. The van der Waals surface area contributed by atoms with Gasteiger partial charge < -0.3 is 4.57 Å². The first-order valence-electron chi connectivity index (χ1n) is 9.37. The molecule has 2 aromatic heterocycles. The third-order valence-electron chi connectivity index (χ3n) is 4.67. The Bertz CT molecular complexity index is 979. The lowest BCUT2D eigenvalue weighted by molar-refractivity contribution is 0.304. The fourth-order valence-electron chi connectivity index (χ4n) is 3.08. The van der Waals surface area contributed by atoms with Crippen molar-refractivity contribution < 1.29 is 8.42 Å². The van der Waals surface area contributed by atoms with Crippen molar-refractivity contribution in [3.05, 3.63) is 65.7 Å². The fourth-order valence-corrected chi connectivity index (χ4v) is 4.21. The maximum absolute atomic E-state index is 12.8. The number of H-pyrrole nitrogens is 1. The van der Waals surface area contributed by atoms with Crippen molar-refractivity contribution in [2.24, 2.45) is 0 Å². The molecule has 2 heterocycles. The zero-order valence-corrected chi connectivity index (χ0v) is 17.4. The van der Waals surface area contributed by atoms with Crippen LogP contribution in [0.2, 0.25) is 0 Å². The van der Waals surface area contributed by atoms with Gasteiger partial charge in [-0.1, -0.05) is 30.3 Å². The molecule has 0 amide bonds. The van der Waals surface area contributed by atoms with Crippen LogP contribution in [0.3, 0.4) is 0 Å². The minimum atomic E-state index is -3.46. The molecule has 0 spiro atoms. The van der Waals surface area contributed by atoms with Gasteiger partial charge in [-0.05, 0) is 38.9 Å². The zero-order valence-electron chi connectivity index (χ0n) is 16.5. The van der Waals surface area contributed by atoms with E-state index in [2.05, 4.69) is 32.2 Å². The van der Waals surface area contributed by atoms with Gasteiger partial charge in [0.25, 0.3) is 0 Å². The van der Waals surface area contributed by atoms with Crippen LogP contribution in [0.25, 0.3) is 0 Å². The number of hydrogen-bond donors (Lipinski definition) is 1. The van der Waals surface area contributed by atoms with Crippen LogP contribution >= 0.6 is 0 Å². The number of sulfone groups is 1. The summed E-state index contributed by atoms with van der Waals surface area (Å²) >= 11 is 0. The van der Waals surface area contributed by atoms with Crippen molar-refractivity contribution in [1.82, 2.24) is 24.6 Å². The van der Waals surface area contributed by atoms with Crippen molar-refractivity contribution in [3.63, 3.8) is 0 Å². The highest BCUT2D eigenvalue weighted by Crippen LogP contribution is 2.19. The highest BCUT2D eigenvalue weighted by Gasteiger charge is 2.26. The topological polar surface area (TPSA) is 83.9 Å². The Morgan fingerprint density at radius 1 is 1.14 bits per heavy atom. The van der Waals surface area contributed by atoms with Gasteiger partial charge in [-0.3, -0.25) is 10.00 Å². The first kappa shape index (κ1) is 20.3. The minimum absolute atomic E-state index is 0.156. The second-order valence-electron chi connectivity index (χ2n) is 7.27. The van der Waals surface area contributed by atoms with Gasteiger partial charge in [0.15, 0.2) is 0 Å². The van der Waals surface area contributed by atoms with Gasteiger partial charge in [-0.2, -0.15) is 5.10 Å². The Kier molecular flexibility index (Phi) is 6.31. The molecule has 3 rings (SSSR count). The molecule has 0 fully saturated rings. The van der Waals surface area contributed by atoms with Gasteiger partial charge in [0.05, 0.1) is 17.1 Å². The number of nitrogens with one attached hydrogen (secondary N) is 1. The van der Waals surface area contributed by atoms with Gasteiger partial charge in [0.2, 0.25) is 15.0 Å². The standard InChI is InChI=1S/C20H27N5O2S/c1-16(2)28(26,27)20-21-13-19(15-24(3)14-18-9-11-22-23-18)25(20)12-10-17-7-5-4-6-8-17/h4-9,11,13,16H,10,12,14-15H2,1-3H3,(H,22,23). The summed E-state index contributed by atoms with van der Waals surface area (Å²) in [6, 6.07) is 12.0. The Morgan fingerprint density at radius 3 is 2.54 bits per heavy atom. The monoisotopic (exact) mass is 401 g/mol. The second kappa shape index (κ2) is 8.70. The maximum atomic E-state index is 12.8. The maximum Gasteiger partial charge on any atom is 0.228 e. The van der Waals surface area contributed by atoms with E-state index in [1.165, 1.54) is 5.56 Å². The SMILES string of the molecule is CC(C)S(=O)(=O)c1ncc(CN(C)Cc2ccn[nH]2)n1CCc1ccccc1. The van der Waals surface area contributed by atoms with Gasteiger partial charge in [0, 0.05) is 31.5 Å². The number of aryl methyl sites for hydroxylation is 1. The van der Waals surface area contributed by atoms with Crippen LogP contribution in [-0.2, 0) is 35.9 Å².